The van der Waals surface area contributed by atoms with Gasteiger partial charge in [-0.3, -0.25) is 4.79 Å². The van der Waals surface area contributed by atoms with Crippen LogP contribution in [0.4, 0.5) is 4.39 Å². The van der Waals surface area contributed by atoms with Crippen molar-refractivity contribution in [2.75, 3.05) is 20.3 Å². The lowest BCUT2D eigenvalue weighted by molar-refractivity contribution is -0.138. The van der Waals surface area contributed by atoms with Crippen LogP contribution in [0.1, 0.15) is 18.4 Å². The third-order valence-corrected chi connectivity index (χ3v) is 2.80. The summed E-state index contributed by atoms with van der Waals surface area (Å²) in [5, 5.41) is 9.00. The second kappa shape index (κ2) is 4.72. The number of rotatable bonds is 3. The van der Waals surface area contributed by atoms with Crippen LogP contribution in [0.15, 0.2) is 6.07 Å². The lowest BCUT2D eigenvalue weighted by Gasteiger charge is -2.22. The van der Waals surface area contributed by atoms with E-state index in [0.29, 0.717) is 6.61 Å². The van der Waals surface area contributed by atoms with Gasteiger partial charge in [0.15, 0.2) is 11.5 Å². The molecule has 0 spiro atoms. The molecule has 1 aliphatic rings. The summed E-state index contributed by atoms with van der Waals surface area (Å²) in [5.74, 6) is -2.62. The summed E-state index contributed by atoms with van der Waals surface area (Å²) in [7, 11) is 1.28. The predicted molar refractivity (Wildman–Crippen MR) is 60.0 cm³/mol. The number of carboxylic acid groups (broad SMARTS) is 1. The van der Waals surface area contributed by atoms with Crippen molar-refractivity contribution in [3.05, 3.63) is 17.4 Å². The molecule has 0 saturated carbocycles. The molecule has 1 aromatic rings. The van der Waals surface area contributed by atoms with Gasteiger partial charge in [0.2, 0.25) is 11.6 Å². The smallest absolute Gasteiger partial charge is 0.310 e. The first-order valence-electron chi connectivity index (χ1n) is 5.45. The second-order valence-electron chi connectivity index (χ2n) is 3.90. The highest BCUT2D eigenvalue weighted by Crippen LogP contribution is 2.43. The van der Waals surface area contributed by atoms with Gasteiger partial charge in [-0.25, -0.2) is 0 Å². The van der Waals surface area contributed by atoms with Crippen LogP contribution in [0.2, 0.25) is 0 Å². The Balaban J connectivity index is 2.58. The average Bonchev–Trinajstić information content (AvgIpc) is 2.37. The summed E-state index contributed by atoms with van der Waals surface area (Å²) in [5.41, 5.74) is 0.228. The van der Waals surface area contributed by atoms with E-state index in [9.17, 15) is 9.18 Å². The number of benzene rings is 1. The summed E-state index contributed by atoms with van der Waals surface area (Å²) < 4.78 is 29.5. The predicted octanol–water partition coefficient (Wildman–Crippen LogP) is 1.79. The maximum absolute atomic E-state index is 14.1. The number of halogens is 1. The molecule has 0 radical (unpaired) electrons. The molecule has 0 aromatic heterocycles. The first kappa shape index (κ1) is 12.5. The van der Waals surface area contributed by atoms with Gasteiger partial charge in [-0.05, 0) is 13.0 Å². The number of methoxy groups -OCH3 is 1. The topological polar surface area (TPSA) is 65.0 Å². The third kappa shape index (κ3) is 1.94. The molecule has 6 heteroatoms. The molecule has 98 valence electrons. The maximum Gasteiger partial charge on any atom is 0.310 e. The quantitative estimate of drug-likeness (QED) is 0.893. The number of hydrogen-bond acceptors (Lipinski definition) is 4. The molecular weight excluding hydrogens is 243 g/mol. The highest BCUT2D eigenvalue weighted by atomic mass is 19.1. The Morgan fingerprint density at radius 3 is 2.78 bits per heavy atom. The summed E-state index contributed by atoms with van der Waals surface area (Å²) >= 11 is 0. The van der Waals surface area contributed by atoms with Crippen LogP contribution in [0.25, 0.3) is 0 Å². The minimum Gasteiger partial charge on any atom is -0.493 e. The van der Waals surface area contributed by atoms with Crippen LogP contribution in [0, 0.1) is 5.82 Å². The number of carboxylic acids is 1. The molecule has 0 saturated heterocycles. The molecule has 0 bridgehead atoms. The molecule has 1 aromatic carbocycles. The van der Waals surface area contributed by atoms with Gasteiger partial charge in [-0.15, -0.1) is 0 Å². The van der Waals surface area contributed by atoms with E-state index in [2.05, 4.69) is 0 Å². The van der Waals surface area contributed by atoms with Crippen molar-refractivity contribution in [1.29, 1.82) is 0 Å². The molecule has 2 rings (SSSR count). The molecule has 5 nitrogen and oxygen atoms in total. The average molecular weight is 256 g/mol. The maximum atomic E-state index is 14.1. The summed E-state index contributed by atoms with van der Waals surface area (Å²) in [6, 6.07) is 1.45. The fraction of sp³-hybridized carbons (Fsp3) is 0.417. The van der Waals surface area contributed by atoms with E-state index in [1.807, 2.05) is 0 Å². The van der Waals surface area contributed by atoms with Gasteiger partial charge in [-0.2, -0.15) is 4.39 Å². The van der Waals surface area contributed by atoms with Gasteiger partial charge in [0.25, 0.3) is 0 Å². The van der Waals surface area contributed by atoms with Gasteiger partial charge in [-0.1, -0.05) is 0 Å². The molecule has 18 heavy (non-hydrogen) atoms. The first-order chi connectivity index (χ1) is 8.56. The van der Waals surface area contributed by atoms with Crippen LogP contribution < -0.4 is 14.2 Å². The minimum absolute atomic E-state index is 0.0283. The van der Waals surface area contributed by atoms with Gasteiger partial charge < -0.3 is 19.3 Å². The van der Waals surface area contributed by atoms with Gasteiger partial charge in [0.05, 0.1) is 13.0 Å². The van der Waals surface area contributed by atoms with Crippen LogP contribution in [-0.4, -0.2) is 31.4 Å². The van der Waals surface area contributed by atoms with Crippen molar-refractivity contribution in [3.8, 4) is 17.2 Å². The molecular formula is C12H13FO5. The number of hydrogen-bond donors (Lipinski definition) is 1. The molecule has 0 aliphatic carbocycles. The Kier molecular flexibility index (Phi) is 3.27. The van der Waals surface area contributed by atoms with Crippen LogP contribution >= 0.6 is 0 Å². The Morgan fingerprint density at radius 1 is 1.50 bits per heavy atom. The molecule has 0 fully saturated rings. The van der Waals surface area contributed by atoms with E-state index in [0.717, 1.165) is 0 Å². The van der Waals surface area contributed by atoms with Crippen molar-refractivity contribution >= 4 is 5.97 Å². The lowest BCUT2D eigenvalue weighted by Crippen LogP contribution is -2.18. The Labute approximate surface area is 103 Å². The zero-order valence-corrected chi connectivity index (χ0v) is 10.0. The first-order valence-corrected chi connectivity index (χ1v) is 5.45. The van der Waals surface area contributed by atoms with Crippen molar-refractivity contribution in [1.82, 2.24) is 0 Å². The van der Waals surface area contributed by atoms with Crippen molar-refractivity contribution in [2.45, 2.75) is 12.8 Å². The van der Waals surface area contributed by atoms with Gasteiger partial charge >= 0.3 is 5.97 Å². The SMILES string of the molecule is COc1c(C(C)C(=O)O)cc2c(c1F)OCCO2. The highest BCUT2D eigenvalue weighted by molar-refractivity contribution is 5.77. The van der Waals surface area contributed by atoms with Crippen molar-refractivity contribution < 1.29 is 28.5 Å². The van der Waals surface area contributed by atoms with Crippen molar-refractivity contribution in [2.24, 2.45) is 0 Å². The largest absolute Gasteiger partial charge is 0.493 e. The second-order valence-corrected chi connectivity index (χ2v) is 3.90. The Bertz CT molecular complexity index is 486. The van der Waals surface area contributed by atoms with E-state index in [4.69, 9.17) is 19.3 Å². The fourth-order valence-electron chi connectivity index (χ4n) is 1.81. The van der Waals surface area contributed by atoms with Crippen LogP contribution in [-0.2, 0) is 4.79 Å². The number of fused-ring (bicyclic) bond motifs is 1. The molecule has 1 unspecified atom stereocenters. The standard InChI is InChI=1S/C12H13FO5/c1-6(12(14)15)7-5-8-11(18-4-3-17-8)9(13)10(7)16-2/h5-6H,3-4H2,1-2H3,(H,14,15). The zero-order valence-electron chi connectivity index (χ0n) is 10.0. The van der Waals surface area contributed by atoms with Gasteiger partial charge in [0.1, 0.15) is 13.2 Å². The van der Waals surface area contributed by atoms with E-state index in [1.54, 1.807) is 0 Å². The van der Waals surface area contributed by atoms with E-state index < -0.39 is 17.7 Å². The number of ether oxygens (including phenoxy) is 3. The molecule has 1 heterocycles. The molecule has 1 N–H and O–H groups in total. The van der Waals surface area contributed by atoms with Crippen LogP contribution in [0.3, 0.4) is 0 Å². The van der Waals surface area contributed by atoms with Crippen LogP contribution in [0.5, 0.6) is 17.2 Å². The number of carbonyl (C=O) groups is 1. The lowest BCUT2D eigenvalue weighted by atomic mass is 9.99. The zero-order chi connectivity index (χ0) is 13.3. The fourth-order valence-corrected chi connectivity index (χ4v) is 1.81. The third-order valence-electron chi connectivity index (χ3n) is 2.80. The molecule has 0 amide bonds. The minimum atomic E-state index is -1.07. The Morgan fingerprint density at radius 2 is 2.17 bits per heavy atom. The summed E-state index contributed by atoms with van der Waals surface area (Å²) in [6.45, 7) is 2.01. The highest BCUT2D eigenvalue weighted by Gasteiger charge is 2.28. The summed E-state index contributed by atoms with van der Waals surface area (Å²) in [4.78, 5) is 11.0. The van der Waals surface area contributed by atoms with E-state index in [1.165, 1.54) is 20.1 Å². The molecule has 1 atom stereocenters. The molecule has 1 aliphatic heterocycles. The van der Waals surface area contributed by atoms with E-state index in [-0.39, 0.29) is 29.4 Å². The monoisotopic (exact) mass is 256 g/mol. The van der Waals surface area contributed by atoms with Gasteiger partial charge in [0, 0.05) is 5.56 Å². The number of aliphatic carboxylic acids is 1. The van der Waals surface area contributed by atoms with E-state index >= 15 is 0 Å². The normalized spacial score (nSPS) is 15.1. The Hall–Kier alpha value is -1.98. The van der Waals surface area contributed by atoms with Crippen molar-refractivity contribution in [3.63, 3.8) is 0 Å². The summed E-state index contributed by atoms with van der Waals surface area (Å²) in [6.07, 6.45) is 0.